The number of ketones is 1. The topological polar surface area (TPSA) is 26.3 Å². The molecule has 1 fully saturated rings. The van der Waals surface area contributed by atoms with Gasteiger partial charge in [0.2, 0.25) is 0 Å². The van der Waals surface area contributed by atoms with Crippen molar-refractivity contribution in [1.29, 1.82) is 0 Å². The van der Waals surface area contributed by atoms with Crippen LogP contribution < -0.4 is 0 Å². The lowest BCUT2D eigenvalue weighted by Gasteiger charge is -2.24. The van der Waals surface area contributed by atoms with Crippen LogP contribution >= 0.6 is 11.3 Å². The Morgan fingerprint density at radius 1 is 1.32 bits per heavy atom. The number of thiophene rings is 1. The molecule has 2 aliphatic rings. The van der Waals surface area contributed by atoms with Crippen LogP contribution in [0, 0.1) is 0 Å². The molecule has 3 rings (SSSR count). The predicted octanol–water partition coefficient (Wildman–Crippen LogP) is 4.09. The molecule has 0 N–H and O–H groups in total. The van der Waals surface area contributed by atoms with Crippen LogP contribution in [-0.4, -0.2) is 18.5 Å². The SMILES string of the molecule is O=C(CCC1CCCCO1)C1CCCc2sccc21. The Morgan fingerprint density at radius 3 is 3.11 bits per heavy atom. The van der Waals surface area contributed by atoms with Gasteiger partial charge in [-0.05, 0) is 62.0 Å². The highest BCUT2D eigenvalue weighted by molar-refractivity contribution is 7.10. The maximum atomic E-state index is 12.5. The van der Waals surface area contributed by atoms with Crippen LogP contribution in [0.4, 0.5) is 0 Å². The fourth-order valence-electron chi connectivity index (χ4n) is 3.33. The average Bonchev–Trinajstić information content (AvgIpc) is 2.94. The van der Waals surface area contributed by atoms with Crippen LogP contribution in [0.25, 0.3) is 0 Å². The fraction of sp³-hybridized carbons (Fsp3) is 0.688. The van der Waals surface area contributed by atoms with Gasteiger partial charge in [0, 0.05) is 23.8 Å². The standard InChI is InChI=1S/C16H22O2S/c17-15(8-7-12-4-1-2-10-18-12)13-5-3-6-16-14(13)9-11-19-16/h9,11-13H,1-8,10H2. The van der Waals surface area contributed by atoms with Gasteiger partial charge in [-0.15, -0.1) is 11.3 Å². The molecule has 2 heterocycles. The van der Waals surface area contributed by atoms with Crippen molar-refractivity contribution in [1.82, 2.24) is 0 Å². The first-order valence-corrected chi connectivity index (χ1v) is 8.43. The number of carbonyl (C=O) groups excluding carboxylic acids is 1. The van der Waals surface area contributed by atoms with Gasteiger partial charge in [0.25, 0.3) is 0 Å². The maximum absolute atomic E-state index is 12.5. The molecule has 2 nitrogen and oxygen atoms in total. The van der Waals surface area contributed by atoms with Gasteiger partial charge < -0.3 is 4.74 Å². The van der Waals surface area contributed by atoms with E-state index < -0.39 is 0 Å². The van der Waals surface area contributed by atoms with Gasteiger partial charge in [-0.2, -0.15) is 0 Å². The van der Waals surface area contributed by atoms with Crippen LogP contribution in [0.15, 0.2) is 11.4 Å². The Bertz CT molecular complexity index is 432. The molecule has 2 unspecified atom stereocenters. The van der Waals surface area contributed by atoms with E-state index in [0.717, 1.165) is 25.9 Å². The van der Waals surface area contributed by atoms with Gasteiger partial charge in [0.15, 0.2) is 0 Å². The molecule has 1 aromatic rings. The number of rotatable bonds is 4. The molecule has 104 valence electrons. The summed E-state index contributed by atoms with van der Waals surface area (Å²) >= 11 is 1.82. The summed E-state index contributed by atoms with van der Waals surface area (Å²) in [5, 5.41) is 2.14. The number of aryl methyl sites for hydroxylation is 1. The minimum atomic E-state index is 0.179. The smallest absolute Gasteiger partial charge is 0.140 e. The second-order valence-electron chi connectivity index (χ2n) is 5.74. The highest BCUT2D eigenvalue weighted by Gasteiger charge is 2.27. The summed E-state index contributed by atoms with van der Waals surface area (Å²) < 4.78 is 5.72. The Kier molecular flexibility index (Phi) is 4.34. The summed E-state index contributed by atoms with van der Waals surface area (Å²) in [5.41, 5.74) is 1.32. The third-order valence-corrected chi connectivity index (χ3v) is 5.42. The van der Waals surface area contributed by atoms with Crippen molar-refractivity contribution in [3.05, 3.63) is 21.9 Å². The van der Waals surface area contributed by atoms with Gasteiger partial charge in [-0.25, -0.2) is 0 Å². The fourth-order valence-corrected chi connectivity index (χ4v) is 4.32. The molecule has 1 aliphatic heterocycles. The molecule has 0 saturated carbocycles. The van der Waals surface area contributed by atoms with Crippen LogP contribution in [0.3, 0.4) is 0 Å². The van der Waals surface area contributed by atoms with Gasteiger partial charge in [-0.1, -0.05) is 0 Å². The molecule has 0 aromatic carbocycles. The highest BCUT2D eigenvalue weighted by atomic mass is 32.1. The third kappa shape index (κ3) is 3.09. The second kappa shape index (κ2) is 6.19. The van der Waals surface area contributed by atoms with Crippen LogP contribution in [-0.2, 0) is 16.0 Å². The van der Waals surface area contributed by atoms with E-state index >= 15 is 0 Å². The first-order valence-electron chi connectivity index (χ1n) is 7.55. The van der Waals surface area contributed by atoms with Crippen molar-refractivity contribution < 1.29 is 9.53 Å². The zero-order chi connectivity index (χ0) is 13.1. The molecule has 1 saturated heterocycles. The lowest BCUT2D eigenvalue weighted by molar-refractivity contribution is -0.121. The Labute approximate surface area is 119 Å². The van der Waals surface area contributed by atoms with Gasteiger partial charge in [-0.3, -0.25) is 4.79 Å². The van der Waals surface area contributed by atoms with E-state index in [-0.39, 0.29) is 5.92 Å². The third-order valence-electron chi connectivity index (χ3n) is 4.43. The molecule has 0 amide bonds. The molecule has 0 spiro atoms. The molecule has 1 aromatic heterocycles. The first kappa shape index (κ1) is 13.3. The van der Waals surface area contributed by atoms with Crippen LogP contribution in [0.2, 0.25) is 0 Å². The quantitative estimate of drug-likeness (QED) is 0.829. The first-order chi connectivity index (χ1) is 9.34. The van der Waals surface area contributed by atoms with E-state index in [4.69, 9.17) is 4.74 Å². The minimum absolute atomic E-state index is 0.179. The van der Waals surface area contributed by atoms with Gasteiger partial charge in [0.1, 0.15) is 5.78 Å². The highest BCUT2D eigenvalue weighted by Crippen LogP contribution is 2.36. The Morgan fingerprint density at radius 2 is 2.26 bits per heavy atom. The van der Waals surface area contributed by atoms with E-state index in [1.807, 2.05) is 11.3 Å². The largest absolute Gasteiger partial charge is 0.378 e. The zero-order valence-corrected chi connectivity index (χ0v) is 12.2. The van der Waals surface area contributed by atoms with Crippen molar-refractivity contribution in [2.45, 2.75) is 63.4 Å². The number of hydrogen-bond donors (Lipinski definition) is 0. The number of Topliss-reactive ketones (excluding diaryl/α,β-unsaturated/α-hetero) is 1. The summed E-state index contributed by atoms with van der Waals surface area (Å²) in [4.78, 5) is 13.9. The van der Waals surface area contributed by atoms with Crippen molar-refractivity contribution in [3.63, 3.8) is 0 Å². The van der Waals surface area contributed by atoms with E-state index in [0.29, 0.717) is 18.3 Å². The van der Waals surface area contributed by atoms with Crippen LogP contribution in [0.1, 0.15) is 61.3 Å². The van der Waals surface area contributed by atoms with Crippen molar-refractivity contribution >= 4 is 17.1 Å². The van der Waals surface area contributed by atoms with E-state index in [1.165, 1.54) is 36.1 Å². The van der Waals surface area contributed by atoms with Crippen molar-refractivity contribution in [2.75, 3.05) is 6.61 Å². The van der Waals surface area contributed by atoms with E-state index in [2.05, 4.69) is 11.4 Å². The molecule has 0 radical (unpaired) electrons. The molecule has 19 heavy (non-hydrogen) atoms. The molecular weight excluding hydrogens is 256 g/mol. The van der Waals surface area contributed by atoms with Crippen molar-refractivity contribution in [3.8, 4) is 0 Å². The maximum Gasteiger partial charge on any atom is 0.140 e. The molecule has 0 bridgehead atoms. The summed E-state index contributed by atoms with van der Waals surface area (Å²) in [6.07, 6.45) is 8.94. The molecular formula is C16H22O2S. The molecule has 2 atom stereocenters. The molecule has 3 heteroatoms. The predicted molar refractivity (Wildman–Crippen MR) is 77.8 cm³/mol. The summed E-state index contributed by atoms with van der Waals surface area (Å²) in [5.74, 6) is 0.618. The monoisotopic (exact) mass is 278 g/mol. The van der Waals surface area contributed by atoms with Crippen LogP contribution in [0.5, 0.6) is 0 Å². The Balaban J connectivity index is 1.56. The number of hydrogen-bond acceptors (Lipinski definition) is 3. The lowest BCUT2D eigenvalue weighted by atomic mass is 9.83. The van der Waals surface area contributed by atoms with E-state index in [9.17, 15) is 4.79 Å². The van der Waals surface area contributed by atoms with E-state index in [1.54, 1.807) is 0 Å². The Hall–Kier alpha value is -0.670. The zero-order valence-electron chi connectivity index (χ0n) is 11.4. The normalized spacial score (nSPS) is 26.9. The summed E-state index contributed by atoms with van der Waals surface area (Å²) in [7, 11) is 0. The number of ether oxygens (including phenoxy) is 1. The number of fused-ring (bicyclic) bond motifs is 1. The van der Waals surface area contributed by atoms with Gasteiger partial charge >= 0.3 is 0 Å². The number of carbonyl (C=O) groups is 1. The van der Waals surface area contributed by atoms with Gasteiger partial charge in [0.05, 0.1) is 6.10 Å². The van der Waals surface area contributed by atoms with Crippen molar-refractivity contribution in [2.24, 2.45) is 0 Å². The molecule has 1 aliphatic carbocycles. The lowest BCUT2D eigenvalue weighted by Crippen LogP contribution is -2.22. The second-order valence-corrected chi connectivity index (χ2v) is 6.74. The minimum Gasteiger partial charge on any atom is -0.378 e. The summed E-state index contributed by atoms with van der Waals surface area (Å²) in [6.45, 7) is 0.886. The summed E-state index contributed by atoms with van der Waals surface area (Å²) in [6, 6.07) is 2.17. The average molecular weight is 278 g/mol.